The minimum absolute atomic E-state index is 0.761. The first kappa shape index (κ1) is 31.9. The van der Waals surface area contributed by atoms with Gasteiger partial charge in [0.25, 0.3) is 0 Å². The zero-order chi connectivity index (χ0) is 36.3. The molecular formula is C54H35P. The molecule has 0 unspecified atom stereocenters. The topological polar surface area (TPSA) is 0 Å². The van der Waals surface area contributed by atoms with Crippen molar-refractivity contribution in [3.63, 3.8) is 0 Å². The van der Waals surface area contributed by atoms with Gasteiger partial charge in [-0.3, -0.25) is 0 Å². The molecule has 1 aliphatic carbocycles. The van der Waals surface area contributed by atoms with E-state index in [-0.39, 0.29) is 0 Å². The molecule has 256 valence electrons. The molecule has 0 radical (unpaired) electrons. The highest BCUT2D eigenvalue weighted by atomic mass is 31.1. The largest absolute Gasteiger partial charge is 0.0622 e. The zero-order valence-electron chi connectivity index (χ0n) is 30.2. The van der Waals surface area contributed by atoms with Crippen molar-refractivity contribution in [2.75, 3.05) is 0 Å². The van der Waals surface area contributed by atoms with Gasteiger partial charge >= 0.3 is 0 Å². The summed E-state index contributed by atoms with van der Waals surface area (Å²) in [6.45, 7) is 0. The van der Waals surface area contributed by atoms with E-state index in [1.165, 1.54) is 104 Å². The Bertz CT molecular complexity index is 2930. The van der Waals surface area contributed by atoms with Crippen LogP contribution in [-0.4, -0.2) is 0 Å². The summed E-state index contributed by atoms with van der Waals surface area (Å²) in [7, 11) is -0.761. The van der Waals surface area contributed by atoms with Crippen LogP contribution in [0.4, 0.5) is 0 Å². The molecule has 0 nitrogen and oxygen atoms in total. The first-order valence-electron chi connectivity index (χ1n) is 19.0. The summed E-state index contributed by atoms with van der Waals surface area (Å²) in [5.74, 6) is 0. The van der Waals surface area contributed by atoms with Crippen LogP contribution in [0.2, 0.25) is 0 Å². The first-order chi connectivity index (χ1) is 27.3. The van der Waals surface area contributed by atoms with Gasteiger partial charge in [-0.15, -0.1) is 0 Å². The molecule has 10 aromatic carbocycles. The summed E-state index contributed by atoms with van der Waals surface area (Å²) in [5, 5.41) is 11.9. The Balaban J connectivity index is 1.19. The highest BCUT2D eigenvalue weighted by molar-refractivity contribution is 7.80. The maximum absolute atomic E-state index is 2.41. The van der Waals surface area contributed by atoms with Crippen molar-refractivity contribution in [2.24, 2.45) is 0 Å². The molecule has 55 heavy (non-hydrogen) atoms. The predicted molar refractivity (Wildman–Crippen MR) is 238 cm³/mol. The molecule has 0 spiro atoms. The molecule has 11 rings (SSSR count). The van der Waals surface area contributed by atoms with Crippen molar-refractivity contribution in [3.8, 4) is 55.6 Å². The highest BCUT2D eigenvalue weighted by Gasteiger charge is 2.31. The normalized spacial score (nSPS) is 11.8. The maximum Gasteiger partial charge on any atom is -0.000741 e. The molecule has 10 aromatic rings. The molecule has 0 saturated carbocycles. The van der Waals surface area contributed by atoms with Crippen LogP contribution < -0.4 is 15.9 Å². The lowest BCUT2D eigenvalue weighted by Gasteiger charge is -2.22. The Morgan fingerprint density at radius 1 is 0.236 bits per heavy atom. The Hall–Kier alpha value is -6.59. The Morgan fingerprint density at radius 2 is 0.636 bits per heavy atom. The summed E-state index contributed by atoms with van der Waals surface area (Å²) in [5.41, 5.74) is 12.9. The van der Waals surface area contributed by atoms with Crippen LogP contribution >= 0.6 is 7.92 Å². The van der Waals surface area contributed by atoms with Gasteiger partial charge in [0.05, 0.1) is 0 Å². The van der Waals surface area contributed by atoms with E-state index in [0.29, 0.717) is 0 Å². The minimum Gasteiger partial charge on any atom is -0.0622 e. The average Bonchev–Trinajstić information content (AvgIpc) is 3.59. The van der Waals surface area contributed by atoms with Crippen LogP contribution in [0.1, 0.15) is 0 Å². The second-order valence-corrected chi connectivity index (χ2v) is 16.5. The minimum atomic E-state index is -0.761. The Morgan fingerprint density at radius 3 is 1.20 bits per heavy atom. The van der Waals surface area contributed by atoms with Crippen molar-refractivity contribution in [1.82, 2.24) is 0 Å². The summed E-state index contributed by atoms with van der Waals surface area (Å²) in [6.07, 6.45) is 0. The molecule has 1 heteroatoms. The molecule has 0 heterocycles. The molecule has 0 bridgehead atoms. The van der Waals surface area contributed by atoms with Gasteiger partial charge in [0.15, 0.2) is 0 Å². The SMILES string of the molecule is c1ccc(-c2c3c(c(-c4ccccc4)c4ccccc24)-c2ccc(-c4ccc(P(c5ccccc5)c5ccccc5)c5ccccc45)c4cccc-3c24)cc1. The number of hydrogen-bond acceptors (Lipinski definition) is 0. The maximum atomic E-state index is 2.41. The molecule has 0 aromatic heterocycles. The lowest BCUT2D eigenvalue weighted by atomic mass is 9.82. The molecule has 0 atom stereocenters. The summed E-state index contributed by atoms with van der Waals surface area (Å²) in [4.78, 5) is 0. The van der Waals surface area contributed by atoms with Gasteiger partial charge in [-0.2, -0.15) is 0 Å². The van der Waals surface area contributed by atoms with Crippen LogP contribution in [0, 0.1) is 0 Å². The third-order valence-corrected chi connectivity index (χ3v) is 13.9. The van der Waals surface area contributed by atoms with Crippen molar-refractivity contribution in [3.05, 3.63) is 212 Å². The second kappa shape index (κ2) is 13.1. The van der Waals surface area contributed by atoms with Crippen LogP contribution in [-0.2, 0) is 0 Å². The fourth-order valence-corrected chi connectivity index (χ4v) is 11.6. The zero-order valence-corrected chi connectivity index (χ0v) is 31.0. The molecule has 0 amide bonds. The third kappa shape index (κ3) is 5.03. The quantitative estimate of drug-likeness (QED) is 0.150. The van der Waals surface area contributed by atoms with E-state index < -0.39 is 7.92 Å². The molecule has 0 fully saturated rings. The van der Waals surface area contributed by atoms with Gasteiger partial charge < -0.3 is 0 Å². The van der Waals surface area contributed by atoms with E-state index in [4.69, 9.17) is 0 Å². The van der Waals surface area contributed by atoms with E-state index in [2.05, 4.69) is 212 Å². The molecule has 0 aliphatic heterocycles. The lowest BCUT2D eigenvalue weighted by Crippen LogP contribution is -2.21. The molecule has 0 saturated heterocycles. The van der Waals surface area contributed by atoms with Crippen molar-refractivity contribution in [1.29, 1.82) is 0 Å². The average molecular weight is 715 g/mol. The summed E-state index contributed by atoms with van der Waals surface area (Å²) >= 11 is 0. The van der Waals surface area contributed by atoms with Gasteiger partial charge in [0.1, 0.15) is 0 Å². The Labute approximate surface area is 322 Å². The van der Waals surface area contributed by atoms with Crippen LogP contribution in [0.3, 0.4) is 0 Å². The first-order valence-corrected chi connectivity index (χ1v) is 20.4. The van der Waals surface area contributed by atoms with E-state index in [0.717, 1.165) is 0 Å². The monoisotopic (exact) mass is 714 g/mol. The highest BCUT2D eigenvalue weighted by Crippen LogP contribution is 2.58. The number of rotatable bonds is 6. The molecule has 1 aliphatic rings. The fraction of sp³-hybridized carbons (Fsp3) is 0. The van der Waals surface area contributed by atoms with Gasteiger partial charge in [-0.05, 0) is 112 Å². The summed E-state index contributed by atoms with van der Waals surface area (Å²) in [6, 6.07) is 78.7. The Kier molecular flexibility index (Phi) is 7.58. The number of fused-ring (bicyclic) bond motifs is 5. The van der Waals surface area contributed by atoms with Gasteiger partial charge in [-0.1, -0.05) is 212 Å². The smallest absolute Gasteiger partial charge is 0.000741 e. The number of hydrogen-bond donors (Lipinski definition) is 0. The van der Waals surface area contributed by atoms with Crippen LogP contribution in [0.25, 0.3) is 88.0 Å². The van der Waals surface area contributed by atoms with Gasteiger partial charge in [-0.25, -0.2) is 0 Å². The lowest BCUT2D eigenvalue weighted by molar-refractivity contribution is 1.62. The van der Waals surface area contributed by atoms with Crippen molar-refractivity contribution in [2.45, 2.75) is 0 Å². The van der Waals surface area contributed by atoms with Gasteiger partial charge in [0, 0.05) is 0 Å². The molecule has 0 N–H and O–H groups in total. The van der Waals surface area contributed by atoms with E-state index >= 15 is 0 Å². The third-order valence-electron chi connectivity index (χ3n) is 11.4. The van der Waals surface area contributed by atoms with Crippen molar-refractivity contribution >= 4 is 56.2 Å². The van der Waals surface area contributed by atoms with E-state index in [9.17, 15) is 0 Å². The van der Waals surface area contributed by atoms with Gasteiger partial charge in [0.2, 0.25) is 0 Å². The van der Waals surface area contributed by atoms with Crippen LogP contribution in [0.15, 0.2) is 212 Å². The van der Waals surface area contributed by atoms with E-state index in [1.54, 1.807) is 0 Å². The van der Waals surface area contributed by atoms with Crippen molar-refractivity contribution < 1.29 is 0 Å². The van der Waals surface area contributed by atoms with E-state index in [1.807, 2.05) is 0 Å². The standard InChI is InChI=1S/C54H35P/c1-5-18-36(19-6-1)50-45-28-15-16-29-46(45)51(37-20-7-2-8-21-37)54-48-33-32-42(44-30-17-31-47(52(44)48)53(50)54)41-34-35-49(43-27-14-13-26-40(41)43)55(38-22-9-3-10-23-38)39-24-11-4-12-25-39/h1-35H. The fourth-order valence-electron chi connectivity index (χ4n) is 9.14. The predicted octanol–water partition coefficient (Wildman–Crippen LogP) is 13.6. The second-order valence-electron chi connectivity index (χ2n) is 14.4. The summed E-state index contributed by atoms with van der Waals surface area (Å²) < 4.78 is 0. The van der Waals surface area contributed by atoms with Crippen LogP contribution in [0.5, 0.6) is 0 Å². The number of benzene rings is 10. The molecular weight excluding hydrogens is 680 g/mol.